The van der Waals surface area contributed by atoms with Crippen LogP contribution < -0.4 is 15.8 Å². The molecule has 3 rings (SSSR count). The van der Waals surface area contributed by atoms with Crippen LogP contribution in [-0.4, -0.2) is 17.5 Å². The van der Waals surface area contributed by atoms with Gasteiger partial charge in [0.05, 0.1) is 6.54 Å². The number of benzene rings is 1. The van der Waals surface area contributed by atoms with Gasteiger partial charge in [0.25, 0.3) is 0 Å². The number of nitrogens with two attached hydrogens (primary N) is 1. The van der Waals surface area contributed by atoms with Crippen molar-refractivity contribution in [2.24, 2.45) is 10.7 Å². The summed E-state index contributed by atoms with van der Waals surface area (Å²) in [6, 6.07) is 5.22. The van der Waals surface area contributed by atoms with Gasteiger partial charge in [-0.05, 0) is 43.5 Å². The van der Waals surface area contributed by atoms with Crippen molar-refractivity contribution in [3.63, 3.8) is 0 Å². The summed E-state index contributed by atoms with van der Waals surface area (Å²) in [6.07, 6.45) is -0.691. The Morgan fingerprint density at radius 3 is 2.62 bits per heavy atom. The molecule has 0 saturated carbocycles. The molecule has 0 fully saturated rings. The molecule has 2 aromatic rings. The summed E-state index contributed by atoms with van der Waals surface area (Å²) in [4.78, 5) is 4.20. The number of guanidine groups is 1. The summed E-state index contributed by atoms with van der Waals surface area (Å²) in [5, 5.41) is 6.84. The van der Waals surface area contributed by atoms with Crippen LogP contribution in [0.3, 0.4) is 0 Å². The van der Waals surface area contributed by atoms with Gasteiger partial charge in [-0.1, -0.05) is 5.16 Å². The van der Waals surface area contributed by atoms with Crippen molar-refractivity contribution in [3.8, 4) is 5.75 Å². The normalized spacial score (nSPS) is 14.3. The van der Waals surface area contributed by atoms with E-state index in [0.29, 0.717) is 5.69 Å². The number of hydrogen-bond acceptors (Lipinski definition) is 4. The quantitative estimate of drug-likeness (QED) is 0.391. The van der Waals surface area contributed by atoms with Gasteiger partial charge in [-0.15, -0.1) is 37.1 Å². The van der Waals surface area contributed by atoms with Gasteiger partial charge in [-0.3, -0.25) is 0 Å². The molecule has 1 aromatic carbocycles. The predicted molar refractivity (Wildman–Crippen MR) is 101 cm³/mol. The molecular formula is C16H18F3IN4O2. The Labute approximate surface area is 165 Å². The second-order valence-corrected chi connectivity index (χ2v) is 5.64. The van der Waals surface area contributed by atoms with Crippen LogP contribution in [0, 0.1) is 0 Å². The second kappa shape index (κ2) is 8.60. The zero-order valence-electron chi connectivity index (χ0n) is 13.7. The van der Waals surface area contributed by atoms with Gasteiger partial charge in [-0.25, -0.2) is 4.99 Å². The topological polar surface area (TPSA) is 85.7 Å². The van der Waals surface area contributed by atoms with Crippen LogP contribution >= 0.6 is 24.0 Å². The number of alkyl halides is 3. The van der Waals surface area contributed by atoms with Crippen LogP contribution in [0.4, 0.5) is 18.9 Å². The molecule has 0 bridgehead atoms. The molecule has 0 unspecified atom stereocenters. The molecular weight excluding hydrogens is 464 g/mol. The fraction of sp³-hybridized carbons (Fsp3) is 0.375. The number of halogens is 4. The molecule has 10 heteroatoms. The van der Waals surface area contributed by atoms with Crippen LogP contribution in [0.5, 0.6) is 5.75 Å². The smallest absolute Gasteiger partial charge is 0.406 e. The average Bonchev–Trinajstić information content (AvgIpc) is 2.97. The largest absolute Gasteiger partial charge is 0.573 e. The molecule has 0 atom stereocenters. The van der Waals surface area contributed by atoms with E-state index >= 15 is 0 Å². The summed E-state index contributed by atoms with van der Waals surface area (Å²) in [5.74, 6) is 0.753. The van der Waals surface area contributed by atoms with E-state index in [1.807, 2.05) is 0 Å². The lowest BCUT2D eigenvalue weighted by Gasteiger charge is -2.10. The van der Waals surface area contributed by atoms with E-state index in [1.165, 1.54) is 24.3 Å². The standard InChI is InChI=1S/C16H17F3N4O2.HI/c17-16(18,19)24-11-7-5-10(6-8-11)22-15(20)21-9-13-12-3-1-2-4-14(12)25-23-13;/h5-8H,1-4,9H2,(H3,20,21,22);1H. The highest BCUT2D eigenvalue weighted by molar-refractivity contribution is 14.0. The first-order valence-electron chi connectivity index (χ1n) is 7.80. The van der Waals surface area contributed by atoms with E-state index in [9.17, 15) is 13.2 Å². The number of ether oxygens (including phenoxy) is 1. The molecule has 1 aromatic heterocycles. The highest BCUT2D eigenvalue weighted by Crippen LogP contribution is 2.25. The lowest BCUT2D eigenvalue weighted by Crippen LogP contribution is -2.22. The van der Waals surface area contributed by atoms with Gasteiger partial charge < -0.3 is 20.3 Å². The molecule has 0 radical (unpaired) electrons. The van der Waals surface area contributed by atoms with Gasteiger partial charge in [0.15, 0.2) is 5.96 Å². The van der Waals surface area contributed by atoms with Crippen molar-refractivity contribution in [1.82, 2.24) is 5.16 Å². The molecule has 142 valence electrons. The molecule has 0 saturated heterocycles. The van der Waals surface area contributed by atoms with Crippen molar-refractivity contribution in [2.75, 3.05) is 5.32 Å². The molecule has 6 nitrogen and oxygen atoms in total. The molecule has 3 N–H and O–H groups in total. The van der Waals surface area contributed by atoms with E-state index in [-0.39, 0.29) is 42.2 Å². The molecule has 0 aliphatic heterocycles. The van der Waals surface area contributed by atoms with Crippen molar-refractivity contribution >= 4 is 35.6 Å². The third-order valence-electron chi connectivity index (χ3n) is 3.79. The maximum Gasteiger partial charge on any atom is 0.573 e. The van der Waals surface area contributed by atoms with Crippen LogP contribution in [0.15, 0.2) is 33.8 Å². The number of hydrogen-bond donors (Lipinski definition) is 2. The van der Waals surface area contributed by atoms with Crippen LogP contribution in [0.25, 0.3) is 0 Å². The molecule has 26 heavy (non-hydrogen) atoms. The maximum atomic E-state index is 12.1. The van der Waals surface area contributed by atoms with E-state index in [0.717, 1.165) is 42.7 Å². The Morgan fingerprint density at radius 2 is 1.92 bits per heavy atom. The van der Waals surface area contributed by atoms with Crippen molar-refractivity contribution in [2.45, 2.75) is 38.6 Å². The van der Waals surface area contributed by atoms with E-state index in [1.54, 1.807) is 0 Å². The Balaban J connectivity index is 0.00000243. The van der Waals surface area contributed by atoms with Gasteiger partial charge >= 0.3 is 6.36 Å². The minimum Gasteiger partial charge on any atom is -0.406 e. The fourth-order valence-corrected chi connectivity index (χ4v) is 2.66. The molecule has 1 heterocycles. The van der Waals surface area contributed by atoms with Crippen LogP contribution in [-0.2, 0) is 19.4 Å². The third kappa shape index (κ3) is 5.51. The minimum absolute atomic E-state index is 0. The molecule has 1 aliphatic rings. The number of aliphatic imine (C=N–C) groups is 1. The average molecular weight is 482 g/mol. The fourth-order valence-electron chi connectivity index (χ4n) is 2.66. The number of fused-ring (bicyclic) bond motifs is 1. The Morgan fingerprint density at radius 1 is 1.23 bits per heavy atom. The SMILES string of the molecule is I.NC(=NCc1noc2c1CCCC2)Nc1ccc(OC(F)(F)F)cc1. The second-order valence-electron chi connectivity index (χ2n) is 5.64. The zero-order valence-corrected chi connectivity index (χ0v) is 16.0. The first-order chi connectivity index (χ1) is 11.9. The van der Waals surface area contributed by atoms with Crippen molar-refractivity contribution in [3.05, 3.63) is 41.3 Å². The summed E-state index contributed by atoms with van der Waals surface area (Å²) in [6.45, 7) is 0.285. The number of nitrogens with zero attached hydrogens (tertiary/aromatic N) is 2. The lowest BCUT2D eigenvalue weighted by molar-refractivity contribution is -0.274. The van der Waals surface area contributed by atoms with Gasteiger partial charge in [0.2, 0.25) is 0 Å². The van der Waals surface area contributed by atoms with E-state index in [2.05, 4.69) is 20.2 Å². The summed E-state index contributed by atoms with van der Waals surface area (Å²) < 4.78 is 45.5. The first-order valence-corrected chi connectivity index (χ1v) is 7.80. The highest BCUT2D eigenvalue weighted by Gasteiger charge is 2.30. The predicted octanol–water partition coefficient (Wildman–Crippen LogP) is 4.00. The Hall–Kier alpha value is -1.98. The third-order valence-corrected chi connectivity index (χ3v) is 3.79. The van der Waals surface area contributed by atoms with Gasteiger partial charge in [-0.2, -0.15) is 0 Å². The van der Waals surface area contributed by atoms with E-state index in [4.69, 9.17) is 10.3 Å². The molecule has 0 spiro atoms. The van der Waals surface area contributed by atoms with Gasteiger partial charge in [0, 0.05) is 17.7 Å². The first kappa shape index (κ1) is 20.3. The minimum atomic E-state index is -4.72. The Kier molecular flexibility index (Phi) is 6.73. The van der Waals surface area contributed by atoms with Crippen LogP contribution in [0.1, 0.15) is 29.9 Å². The number of nitrogens with one attached hydrogen (secondary N) is 1. The maximum absolute atomic E-state index is 12.1. The monoisotopic (exact) mass is 482 g/mol. The number of aromatic nitrogens is 1. The van der Waals surface area contributed by atoms with Crippen molar-refractivity contribution < 1.29 is 22.4 Å². The summed E-state index contributed by atoms with van der Waals surface area (Å²) in [5.41, 5.74) is 8.19. The Bertz CT molecular complexity index is 760. The molecule has 1 aliphatic carbocycles. The zero-order chi connectivity index (χ0) is 17.9. The van der Waals surface area contributed by atoms with Gasteiger partial charge in [0.1, 0.15) is 17.2 Å². The highest BCUT2D eigenvalue weighted by atomic mass is 127. The molecule has 0 amide bonds. The lowest BCUT2D eigenvalue weighted by atomic mass is 9.96. The van der Waals surface area contributed by atoms with Crippen LogP contribution in [0.2, 0.25) is 0 Å². The number of rotatable bonds is 4. The van der Waals surface area contributed by atoms with E-state index < -0.39 is 6.36 Å². The number of anilines is 1. The van der Waals surface area contributed by atoms with Crippen molar-refractivity contribution in [1.29, 1.82) is 0 Å². The number of aryl methyl sites for hydroxylation is 1. The summed E-state index contributed by atoms with van der Waals surface area (Å²) in [7, 11) is 0. The summed E-state index contributed by atoms with van der Waals surface area (Å²) >= 11 is 0.